The zero-order valence-electron chi connectivity index (χ0n) is 4.76. The molecule has 0 aliphatic carbocycles. The molecule has 0 amide bonds. The summed E-state index contributed by atoms with van der Waals surface area (Å²) in [4.78, 5) is 4.12. The maximum absolute atomic E-state index is 4.12. The van der Waals surface area contributed by atoms with Crippen molar-refractivity contribution in [2.45, 2.75) is 6.42 Å². The highest BCUT2D eigenvalue weighted by molar-refractivity contribution is 8.23. The van der Waals surface area contributed by atoms with Gasteiger partial charge in [-0.3, -0.25) is 0 Å². The van der Waals surface area contributed by atoms with Gasteiger partial charge in [-0.1, -0.05) is 11.8 Å². The molecular weight excluding hydrogens is 150 g/mol. The van der Waals surface area contributed by atoms with Gasteiger partial charge in [0, 0.05) is 17.6 Å². The van der Waals surface area contributed by atoms with Crippen molar-refractivity contribution in [2.75, 3.05) is 5.75 Å². The average Bonchev–Trinajstić information content (AvgIpc) is 2.33. The summed E-state index contributed by atoms with van der Waals surface area (Å²) >= 11 is 3.65. The third kappa shape index (κ3) is 0.960. The molecule has 2 aliphatic heterocycles. The summed E-state index contributed by atoms with van der Waals surface area (Å²) in [5.41, 5.74) is 1.24. The Balaban J connectivity index is 2.37. The molecule has 0 radical (unpaired) electrons. The van der Waals surface area contributed by atoms with Crippen molar-refractivity contribution in [2.24, 2.45) is 4.99 Å². The van der Waals surface area contributed by atoms with Crippen LogP contribution in [0, 0.1) is 0 Å². The maximum Gasteiger partial charge on any atom is 0.0715 e. The molecule has 9 heavy (non-hydrogen) atoms. The van der Waals surface area contributed by atoms with Crippen LogP contribution in [-0.4, -0.2) is 11.6 Å². The summed E-state index contributed by atoms with van der Waals surface area (Å²) in [6, 6.07) is 0. The number of thioether (sulfide) groups is 2. The van der Waals surface area contributed by atoms with Crippen molar-refractivity contribution >= 4 is 29.4 Å². The van der Waals surface area contributed by atoms with E-state index in [4.69, 9.17) is 0 Å². The molecule has 0 spiro atoms. The van der Waals surface area contributed by atoms with Gasteiger partial charge in [0.2, 0.25) is 0 Å². The van der Waals surface area contributed by atoms with Crippen LogP contribution >= 0.6 is 23.5 Å². The van der Waals surface area contributed by atoms with Gasteiger partial charge in [0.15, 0.2) is 0 Å². The predicted molar refractivity (Wildman–Crippen MR) is 43.7 cm³/mol. The highest BCUT2D eigenvalue weighted by Crippen LogP contribution is 2.41. The normalized spacial score (nSPS) is 23.1. The van der Waals surface area contributed by atoms with Gasteiger partial charge >= 0.3 is 0 Å². The Kier molecular flexibility index (Phi) is 1.42. The van der Waals surface area contributed by atoms with Crippen molar-refractivity contribution in [3.63, 3.8) is 0 Å². The van der Waals surface area contributed by atoms with Crippen LogP contribution in [0.15, 0.2) is 20.3 Å². The molecule has 2 heterocycles. The van der Waals surface area contributed by atoms with Crippen LogP contribution < -0.4 is 0 Å². The lowest BCUT2D eigenvalue weighted by atomic mass is 10.4. The van der Waals surface area contributed by atoms with E-state index < -0.39 is 0 Å². The Bertz CT molecular complexity index is 223. The van der Waals surface area contributed by atoms with Crippen LogP contribution in [0.25, 0.3) is 0 Å². The van der Waals surface area contributed by atoms with E-state index in [1.54, 1.807) is 11.8 Å². The molecule has 0 bridgehead atoms. The quantitative estimate of drug-likeness (QED) is 0.532. The second-order valence-corrected chi connectivity index (χ2v) is 4.05. The van der Waals surface area contributed by atoms with Crippen molar-refractivity contribution in [1.29, 1.82) is 0 Å². The number of rotatable bonds is 0. The van der Waals surface area contributed by atoms with E-state index in [1.807, 2.05) is 17.2 Å². The fraction of sp³-hybridized carbons (Fsp3) is 0.333. The summed E-state index contributed by atoms with van der Waals surface area (Å²) < 4.78 is 1.38. The molecule has 0 saturated heterocycles. The lowest BCUT2D eigenvalue weighted by Crippen LogP contribution is -1.76. The van der Waals surface area contributed by atoms with Gasteiger partial charge in [0.25, 0.3) is 0 Å². The van der Waals surface area contributed by atoms with Crippen molar-refractivity contribution in [1.82, 2.24) is 0 Å². The molecule has 0 aromatic carbocycles. The number of nitrogens with zero attached hydrogens (tertiary/aromatic N) is 1. The SMILES string of the molecule is C1=CSC2=C(CCS2)N=1. The Morgan fingerprint density at radius 1 is 1.67 bits per heavy atom. The Hall–Kier alpha value is -0.110. The molecule has 46 valence electrons. The molecule has 0 aromatic heterocycles. The Morgan fingerprint density at radius 2 is 2.67 bits per heavy atom. The number of allylic oxidation sites excluding steroid dienone is 1. The van der Waals surface area contributed by atoms with E-state index >= 15 is 0 Å². The third-order valence-corrected chi connectivity index (χ3v) is 3.45. The third-order valence-electron chi connectivity index (χ3n) is 1.23. The molecule has 2 rings (SSSR count). The summed E-state index contributed by atoms with van der Waals surface area (Å²) in [6.45, 7) is 0. The van der Waals surface area contributed by atoms with Crippen LogP contribution in [0.4, 0.5) is 0 Å². The van der Waals surface area contributed by atoms with Crippen LogP contribution in [0.1, 0.15) is 6.42 Å². The monoisotopic (exact) mass is 155 g/mol. The largest absolute Gasteiger partial charge is 0.208 e. The molecule has 0 unspecified atom stereocenters. The van der Waals surface area contributed by atoms with Crippen molar-refractivity contribution in [3.05, 3.63) is 15.3 Å². The topological polar surface area (TPSA) is 12.4 Å². The fourth-order valence-electron chi connectivity index (χ4n) is 0.813. The van der Waals surface area contributed by atoms with E-state index in [9.17, 15) is 0 Å². The lowest BCUT2D eigenvalue weighted by Gasteiger charge is -1.97. The van der Waals surface area contributed by atoms with E-state index in [2.05, 4.69) is 10.9 Å². The highest BCUT2D eigenvalue weighted by atomic mass is 32.2. The van der Waals surface area contributed by atoms with Gasteiger partial charge in [-0.25, -0.2) is 4.99 Å². The standard InChI is InChI=1S/C6H5NS2/c1-3-8-6-5(1)7-2-4-9-6/h4H,1,3H2. The van der Waals surface area contributed by atoms with Crippen LogP contribution in [0.5, 0.6) is 0 Å². The van der Waals surface area contributed by atoms with Gasteiger partial charge in [-0.05, 0) is 5.87 Å². The first-order valence-electron chi connectivity index (χ1n) is 2.77. The summed E-state index contributed by atoms with van der Waals surface area (Å²) in [5, 5.41) is 1.91. The van der Waals surface area contributed by atoms with E-state index in [0.717, 1.165) is 6.42 Å². The van der Waals surface area contributed by atoms with Crippen molar-refractivity contribution in [3.8, 4) is 0 Å². The molecule has 0 N–H and O–H groups in total. The first-order chi connectivity index (χ1) is 4.47. The minimum atomic E-state index is 1.13. The molecule has 0 saturated carbocycles. The molecule has 1 nitrogen and oxygen atoms in total. The van der Waals surface area contributed by atoms with Crippen LogP contribution in [0.2, 0.25) is 0 Å². The number of hydrogen-bond acceptors (Lipinski definition) is 3. The molecule has 2 aliphatic rings. The summed E-state index contributed by atoms with van der Waals surface area (Å²) in [6.07, 6.45) is 1.13. The van der Waals surface area contributed by atoms with Gasteiger partial charge in [-0.2, -0.15) is 0 Å². The van der Waals surface area contributed by atoms with E-state index in [0.29, 0.717) is 0 Å². The first kappa shape index (κ1) is 5.66. The zero-order valence-corrected chi connectivity index (χ0v) is 6.39. The van der Waals surface area contributed by atoms with Gasteiger partial charge in [0.1, 0.15) is 0 Å². The van der Waals surface area contributed by atoms with Gasteiger partial charge in [-0.15, -0.1) is 11.8 Å². The molecule has 3 heteroatoms. The minimum absolute atomic E-state index is 1.13. The van der Waals surface area contributed by atoms with Crippen molar-refractivity contribution < 1.29 is 0 Å². The van der Waals surface area contributed by atoms with Gasteiger partial charge in [0.05, 0.1) is 9.93 Å². The predicted octanol–water partition coefficient (Wildman–Crippen LogP) is 2.22. The Labute approximate surface area is 62.3 Å². The second-order valence-electron chi connectivity index (χ2n) is 1.81. The summed E-state index contributed by atoms with van der Waals surface area (Å²) in [7, 11) is 0. The smallest absolute Gasteiger partial charge is 0.0715 e. The number of hydrogen-bond donors (Lipinski definition) is 0. The molecule has 0 fully saturated rings. The van der Waals surface area contributed by atoms with Gasteiger partial charge < -0.3 is 0 Å². The maximum atomic E-state index is 4.12. The molecular formula is C6H5NS2. The first-order valence-corrected chi connectivity index (χ1v) is 4.64. The van der Waals surface area contributed by atoms with Crippen LogP contribution in [0.3, 0.4) is 0 Å². The minimum Gasteiger partial charge on any atom is -0.208 e. The van der Waals surface area contributed by atoms with E-state index in [-0.39, 0.29) is 0 Å². The Morgan fingerprint density at radius 3 is 3.56 bits per heavy atom. The average molecular weight is 155 g/mol. The van der Waals surface area contributed by atoms with E-state index in [1.165, 1.54) is 15.7 Å². The number of aliphatic imine (C=N–C) groups is 1. The summed E-state index contributed by atoms with van der Waals surface area (Å²) in [5.74, 6) is 4.05. The zero-order chi connectivity index (χ0) is 6.10. The second kappa shape index (κ2) is 2.25. The lowest BCUT2D eigenvalue weighted by molar-refractivity contribution is 1.11. The fourth-order valence-corrected chi connectivity index (χ4v) is 2.77. The molecule has 0 aromatic rings. The van der Waals surface area contributed by atoms with Crippen LogP contribution in [-0.2, 0) is 0 Å². The molecule has 0 atom stereocenters. The highest BCUT2D eigenvalue weighted by Gasteiger charge is 2.15.